The van der Waals surface area contributed by atoms with E-state index in [0.29, 0.717) is 28.8 Å². The lowest BCUT2D eigenvalue weighted by Crippen LogP contribution is -2.25. The third kappa shape index (κ3) is 8.09. The van der Waals surface area contributed by atoms with E-state index in [1.54, 1.807) is 14.0 Å². The lowest BCUT2D eigenvalue weighted by molar-refractivity contribution is -0.274. The normalized spacial score (nSPS) is 14.8. The molecule has 0 unspecified atom stereocenters. The molecule has 0 bridgehead atoms. The van der Waals surface area contributed by atoms with Crippen molar-refractivity contribution in [1.82, 2.24) is 14.8 Å². The first-order valence-corrected chi connectivity index (χ1v) is 15.1. The maximum absolute atomic E-state index is 12.8. The third-order valence-electron chi connectivity index (χ3n) is 6.90. The van der Waals surface area contributed by atoms with Crippen molar-refractivity contribution >= 4 is 34.4 Å². The summed E-state index contributed by atoms with van der Waals surface area (Å²) < 4.78 is 48.0. The maximum Gasteiger partial charge on any atom is 0.573 e. The van der Waals surface area contributed by atoms with E-state index in [9.17, 15) is 18.0 Å². The van der Waals surface area contributed by atoms with Crippen LogP contribution in [0.1, 0.15) is 37.8 Å². The summed E-state index contributed by atoms with van der Waals surface area (Å²) in [6.07, 6.45) is -2.82. The first-order chi connectivity index (χ1) is 21.5. The number of carbonyl (C=O) groups is 1. The fraction of sp³-hybridized carbons (Fsp3) is 0.281. The summed E-state index contributed by atoms with van der Waals surface area (Å²) in [5, 5.41) is 5.06. The van der Waals surface area contributed by atoms with Crippen LogP contribution in [-0.4, -0.2) is 57.4 Å². The molecule has 0 spiro atoms. The number of thioether (sulfide) groups is 1. The minimum atomic E-state index is -4.75. The molecule has 0 radical (unpaired) electrons. The number of amidine groups is 1. The number of rotatable bonds is 8. The summed E-state index contributed by atoms with van der Waals surface area (Å²) in [5.41, 5.74) is 4.98. The van der Waals surface area contributed by atoms with Gasteiger partial charge in [0, 0.05) is 35.7 Å². The molecule has 1 aromatic heterocycles. The van der Waals surface area contributed by atoms with Crippen molar-refractivity contribution in [3.8, 4) is 28.6 Å². The number of aromatic nitrogens is 3. The number of benzene rings is 3. The molecule has 2 heterocycles. The molecule has 45 heavy (non-hydrogen) atoms. The largest absolute Gasteiger partial charge is 0.573 e. The molecule has 5 rings (SSSR count). The number of amides is 2. The Morgan fingerprint density at radius 2 is 1.76 bits per heavy atom. The van der Waals surface area contributed by atoms with E-state index in [4.69, 9.17) is 4.74 Å². The first kappa shape index (κ1) is 31.8. The third-order valence-corrected chi connectivity index (χ3v) is 7.86. The van der Waals surface area contributed by atoms with Gasteiger partial charge in [0.25, 0.3) is 0 Å². The summed E-state index contributed by atoms with van der Waals surface area (Å²) >= 11 is 1.53. The van der Waals surface area contributed by atoms with Crippen LogP contribution in [-0.2, 0) is 6.42 Å². The highest BCUT2D eigenvalue weighted by atomic mass is 32.2. The number of halogens is 3. The Balaban J connectivity index is 1.23. The van der Waals surface area contributed by atoms with Crippen LogP contribution in [0.2, 0.25) is 0 Å². The van der Waals surface area contributed by atoms with Crippen LogP contribution in [0.25, 0.3) is 17.1 Å². The van der Waals surface area contributed by atoms with Gasteiger partial charge < -0.3 is 14.4 Å². The Kier molecular flexibility index (Phi) is 9.57. The van der Waals surface area contributed by atoms with Gasteiger partial charge in [-0.15, -0.1) is 18.3 Å². The van der Waals surface area contributed by atoms with Crippen molar-refractivity contribution in [2.24, 2.45) is 9.98 Å². The number of carbonyl (C=O) groups excluding carboxylic acids is 1. The smallest absolute Gasteiger partial charge is 0.497 e. The average molecular weight is 637 g/mol. The summed E-state index contributed by atoms with van der Waals surface area (Å²) in [6, 6.07) is 18.3. The van der Waals surface area contributed by atoms with Gasteiger partial charge in [0.15, 0.2) is 11.0 Å². The number of hydrogen-bond acceptors (Lipinski definition) is 6. The highest BCUT2D eigenvalue weighted by Crippen LogP contribution is 2.35. The number of alkyl halides is 3. The molecule has 0 saturated carbocycles. The van der Waals surface area contributed by atoms with E-state index in [1.807, 2.05) is 42.5 Å². The summed E-state index contributed by atoms with van der Waals surface area (Å²) in [6.45, 7) is 6.78. The highest BCUT2D eigenvalue weighted by Gasteiger charge is 2.31. The first-order valence-electron chi connectivity index (χ1n) is 14.1. The quantitative estimate of drug-likeness (QED) is 0.183. The van der Waals surface area contributed by atoms with Gasteiger partial charge in [0.05, 0.1) is 12.8 Å². The molecule has 234 valence electrons. The van der Waals surface area contributed by atoms with Gasteiger partial charge in [-0.25, -0.2) is 19.5 Å². The van der Waals surface area contributed by atoms with Crippen molar-refractivity contribution in [3.63, 3.8) is 0 Å². The number of aliphatic imine (C=N–C) groups is 2. The molecule has 3 aromatic carbocycles. The van der Waals surface area contributed by atoms with Crippen LogP contribution in [0.5, 0.6) is 11.5 Å². The minimum Gasteiger partial charge on any atom is -0.497 e. The van der Waals surface area contributed by atoms with Crippen molar-refractivity contribution in [1.29, 1.82) is 0 Å². The molecule has 2 amide bonds. The SMILES string of the molecule is COc1ccc(N2CCSC2=NC(=O)N=C(C)Cc2ccc(-c3ncn(-c4ccc(OC(F)(F)F)cc4)n3)cc2)c(C(C)C)c1. The Morgan fingerprint density at radius 3 is 2.42 bits per heavy atom. The van der Waals surface area contributed by atoms with Gasteiger partial charge in [-0.2, -0.15) is 4.99 Å². The second-order valence-corrected chi connectivity index (χ2v) is 11.6. The van der Waals surface area contributed by atoms with Crippen LogP contribution < -0.4 is 14.4 Å². The number of methoxy groups -OCH3 is 1. The van der Waals surface area contributed by atoms with Crippen molar-refractivity contribution in [2.45, 2.75) is 39.5 Å². The Labute approximate surface area is 262 Å². The number of urea groups is 1. The summed E-state index contributed by atoms with van der Waals surface area (Å²) in [4.78, 5) is 27.8. The van der Waals surface area contributed by atoms with Gasteiger partial charge in [-0.05, 0) is 66.4 Å². The second-order valence-electron chi connectivity index (χ2n) is 10.5. The van der Waals surface area contributed by atoms with E-state index in [0.717, 1.165) is 40.4 Å². The summed E-state index contributed by atoms with van der Waals surface area (Å²) in [7, 11) is 1.64. The fourth-order valence-corrected chi connectivity index (χ4v) is 5.73. The molecule has 9 nitrogen and oxygen atoms in total. The second kappa shape index (κ2) is 13.6. The molecular formula is C32H31F3N6O3S. The van der Waals surface area contributed by atoms with E-state index < -0.39 is 12.4 Å². The van der Waals surface area contributed by atoms with Gasteiger partial charge >= 0.3 is 12.4 Å². The fourth-order valence-electron chi connectivity index (χ4n) is 4.78. The zero-order valence-electron chi connectivity index (χ0n) is 25.1. The molecule has 13 heteroatoms. The average Bonchev–Trinajstić information content (AvgIpc) is 3.67. The molecule has 4 aromatic rings. The van der Waals surface area contributed by atoms with Crippen molar-refractivity contribution < 1.29 is 27.4 Å². The van der Waals surface area contributed by atoms with Gasteiger partial charge in [-0.3, -0.25) is 0 Å². The molecule has 1 saturated heterocycles. The monoisotopic (exact) mass is 636 g/mol. The lowest BCUT2D eigenvalue weighted by atomic mass is 10.00. The van der Waals surface area contributed by atoms with Crippen LogP contribution in [0.4, 0.5) is 23.7 Å². The standard InChI is InChI=1S/C32H31F3N6O3S/c1-20(2)27-18-26(43-4)13-14-28(27)40-15-16-45-31(40)38-30(42)37-21(3)17-22-5-7-23(8-6-22)29-36-19-41(39-29)24-9-11-25(12-10-24)44-32(33,34)35/h5-14,18-20H,15-17H2,1-4H3. The number of hydrogen-bond donors (Lipinski definition) is 0. The summed E-state index contributed by atoms with van der Waals surface area (Å²) in [5.74, 6) is 2.00. The van der Waals surface area contributed by atoms with E-state index in [-0.39, 0.29) is 11.7 Å². The molecule has 1 aliphatic heterocycles. The predicted octanol–water partition coefficient (Wildman–Crippen LogP) is 7.70. The topological polar surface area (TPSA) is 94.2 Å². The molecule has 0 N–H and O–H groups in total. The van der Waals surface area contributed by atoms with E-state index in [2.05, 4.69) is 43.6 Å². The predicted molar refractivity (Wildman–Crippen MR) is 170 cm³/mol. The molecule has 1 aliphatic rings. The van der Waals surface area contributed by atoms with Crippen LogP contribution >= 0.6 is 11.8 Å². The van der Waals surface area contributed by atoms with Gasteiger partial charge in [-0.1, -0.05) is 49.9 Å². The minimum absolute atomic E-state index is 0.262. The van der Waals surface area contributed by atoms with Crippen molar-refractivity contribution in [2.75, 3.05) is 24.3 Å². The maximum atomic E-state index is 12.8. The Morgan fingerprint density at radius 1 is 1.04 bits per heavy atom. The Bertz CT molecular complexity index is 1720. The van der Waals surface area contributed by atoms with Crippen molar-refractivity contribution in [3.05, 3.63) is 84.2 Å². The Hall–Kier alpha value is -4.65. The van der Waals surface area contributed by atoms with Gasteiger partial charge in [0.2, 0.25) is 0 Å². The van der Waals surface area contributed by atoms with E-state index >= 15 is 0 Å². The van der Waals surface area contributed by atoms with Crippen LogP contribution in [0, 0.1) is 0 Å². The van der Waals surface area contributed by atoms with Crippen LogP contribution in [0.15, 0.2) is 83.0 Å². The zero-order valence-corrected chi connectivity index (χ0v) is 25.9. The number of anilines is 1. The zero-order chi connectivity index (χ0) is 32.1. The lowest BCUT2D eigenvalue weighted by Gasteiger charge is -2.23. The highest BCUT2D eigenvalue weighted by molar-refractivity contribution is 8.14. The van der Waals surface area contributed by atoms with E-state index in [1.165, 1.54) is 47.0 Å². The van der Waals surface area contributed by atoms with Crippen LogP contribution in [0.3, 0.4) is 0 Å². The number of ether oxygens (including phenoxy) is 2. The molecular weight excluding hydrogens is 605 g/mol. The molecule has 0 atom stereocenters. The number of nitrogens with zero attached hydrogens (tertiary/aromatic N) is 6. The molecule has 0 aliphatic carbocycles. The molecule has 1 fully saturated rings. The van der Waals surface area contributed by atoms with Gasteiger partial charge in [0.1, 0.15) is 17.8 Å².